The molecule has 0 saturated heterocycles. The van der Waals surface area contributed by atoms with E-state index in [0.29, 0.717) is 58.6 Å². The van der Waals surface area contributed by atoms with Gasteiger partial charge in [0, 0.05) is 87.9 Å². The normalized spacial score (nSPS) is 11.2. The summed E-state index contributed by atoms with van der Waals surface area (Å²) in [5.41, 5.74) is 34.4. The van der Waals surface area contributed by atoms with Crippen molar-refractivity contribution in [1.29, 1.82) is 0 Å². The molecule has 10 aromatic heterocycles. The molecule has 0 aliphatic rings. The van der Waals surface area contributed by atoms with Crippen LogP contribution in [-0.2, 0) is 0 Å². The fourth-order valence-corrected chi connectivity index (χ4v) is 16.8. The molecule has 27 heteroatoms. The Morgan fingerprint density at radius 2 is 0.415 bits per heavy atom. The summed E-state index contributed by atoms with van der Waals surface area (Å²) in [6.07, 6.45) is 0. The fourth-order valence-electron chi connectivity index (χ4n) is 16.4. The average Bonchev–Trinajstić information content (AvgIpc) is 1.67. The van der Waals surface area contributed by atoms with Crippen LogP contribution in [0, 0.1) is 62.3 Å². The molecule has 0 amide bonds. The summed E-state index contributed by atoms with van der Waals surface area (Å²) in [5, 5.41) is 20.6. The molecule has 15 aromatic carbocycles. The van der Waals surface area contributed by atoms with E-state index in [1.165, 1.54) is 38.9 Å². The summed E-state index contributed by atoms with van der Waals surface area (Å²) in [4.78, 5) is 62.9. The Balaban J connectivity index is 0.000000105. The van der Waals surface area contributed by atoms with Gasteiger partial charge in [0.1, 0.15) is 34.9 Å². The van der Waals surface area contributed by atoms with Gasteiger partial charge in [0.25, 0.3) is 29.5 Å². The minimum Gasteiger partial charge on any atom is -0.496 e. The molecular formula is C115H89BrN20O6. The van der Waals surface area contributed by atoms with Crippen LogP contribution < -0.4 is 4.74 Å². The van der Waals surface area contributed by atoms with Crippen molar-refractivity contribution >= 4 is 71.1 Å². The van der Waals surface area contributed by atoms with E-state index in [-0.39, 0.29) is 0 Å². The topological polar surface area (TPSA) is 347 Å². The predicted molar refractivity (Wildman–Crippen MR) is 558 cm³/mol. The SMILES string of the molecule is COc1c(C)cc(-c2nc(-c3ccc(-c4nc5ccc(Br)cc5[nH]4)cc3)no2)cc1C.Cc1ccc(-c2nc(-c3ccc(-c4nc5ccc(C)cc5[nH]4)cc3)no2)cc1.Cc1ccc(-c2nc(-c3ccc(-c4nc5ccc(C)cc5[nH]4)cc3)no2)cc1.Cc1ccc(-c2nc(-c3ccc(-c4nc5ccc(C)cc5[nH]4)cc3)no2)cc1.Cc1ccc2nc(-c3ccc(-c4noc(-c5ccccc5)n4)cc3)[nH]c2c1. The minimum atomic E-state index is 0.482. The lowest BCUT2D eigenvalue weighted by Gasteiger charge is -2.09. The van der Waals surface area contributed by atoms with E-state index in [1.807, 2.05) is 314 Å². The van der Waals surface area contributed by atoms with Gasteiger partial charge in [0.2, 0.25) is 29.1 Å². The Morgan fingerprint density at radius 1 is 0.204 bits per heavy atom. The van der Waals surface area contributed by atoms with Gasteiger partial charge in [0.05, 0.1) is 62.3 Å². The zero-order valence-corrected chi connectivity index (χ0v) is 80.3. The lowest BCUT2D eigenvalue weighted by atomic mass is 10.1. The second-order valence-corrected chi connectivity index (χ2v) is 35.7. The Bertz CT molecular complexity index is 8290. The number of nitrogens with zero attached hydrogens (tertiary/aromatic N) is 15. The van der Waals surface area contributed by atoms with Crippen molar-refractivity contribution in [3.63, 3.8) is 0 Å². The molecular weight excluding hydrogens is 1840 g/mol. The average molecular weight is 1930 g/mol. The first-order valence-corrected chi connectivity index (χ1v) is 46.7. The van der Waals surface area contributed by atoms with Gasteiger partial charge in [-0.3, -0.25) is 0 Å². The van der Waals surface area contributed by atoms with Gasteiger partial charge in [-0.2, -0.15) is 24.9 Å². The molecule has 0 fully saturated rings. The van der Waals surface area contributed by atoms with Crippen LogP contribution in [-0.4, -0.2) is 108 Å². The van der Waals surface area contributed by atoms with Crippen molar-refractivity contribution in [2.75, 3.05) is 7.11 Å². The molecule has 25 aromatic rings. The Hall–Kier alpha value is -18.4. The van der Waals surface area contributed by atoms with E-state index in [9.17, 15) is 0 Å². The van der Waals surface area contributed by atoms with E-state index in [1.54, 1.807) is 7.11 Å². The highest BCUT2D eigenvalue weighted by molar-refractivity contribution is 9.10. The lowest BCUT2D eigenvalue weighted by molar-refractivity contribution is 0.408. The fraction of sp³-hybridized carbons (Fsp3) is 0.0870. The third-order valence-corrected chi connectivity index (χ3v) is 24.5. The highest BCUT2D eigenvalue weighted by Gasteiger charge is 2.21. The lowest BCUT2D eigenvalue weighted by Crippen LogP contribution is -1.92. The number of nitrogens with one attached hydrogen (secondary N) is 5. The number of hydrogen-bond acceptors (Lipinski definition) is 21. The van der Waals surface area contributed by atoms with Gasteiger partial charge >= 0.3 is 0 Å². The number of aromatic amines is 5. The molecule has 10 heterocycles. The molecule has 0 bridgehead atoms. The van der Waals surface area contributed by atoms with Gasteiger partial charge in [-0.15, -0.1) is 0 Å². The standard InChI is InChI=1S/C24H19BrN4O2.3C23H18N4O.C22H16N4O/c1-13-10-17(11-14(2)21(13)30-3)24-28-23(29-31-24)16-6-4-15(5-7-16)22-26-19-9-8-18(25)12-20(19)27-22;3*1-14-3-6-18(7-4-14)23-26-22(27-28-23)17-10-8-16(9-11-17)21-24-19-12-5-15(2)13-20(19)25-21;1-14-7-12-18-19(13-14)24-20(23-18)15-8-10-16(11-9-15)21-25-22(27-26-21)17-5-3-2-4-6-17/h4-12H,1-3H3,(H,26,27);3*3-13H,1-2H3,(H,24,25);2-13H,1H3,(H,23,24). The monoisotopic (exact) mass is 1920 g/mol. The van der Waals surface area contributed by atoms with E-state index in [2.05, 4.69) is 193 Å². The van der Waals surface area contributed by atoms with Crippen LogP contribution in [0.2, 0.25) is 0 Å². The number of H-pyrrole nitrogens is 5. The number of hydrogen-bond donors (Lipinski definition) is 5. The zero-order chi connectivity index (χ0) is 97.0. The van der Waals surface area contributed by atoms with Crippen LogP contribution in [0.4, 0.5) is 0 Å². The molecule has 0 unspecified atom stereocenters. The number of imidazole rings is 5. The van der Waals surface area contributed by atoms with Gasteiger partial charge in [-0.1, -0.05) is 259 Å². The van der Waals surface area contributed by atoms with Gasteiger partial charge in [-0.05, 0) is 223 Å². The molecule has 26 nitrogen and oxygen atoms in total. The maximum atomic E-state index is 5.53. The first kappa shape index (κ1) is 90.1. The Labute approximate surface area is 822 Å². The smallest absolute Gasteiger partial charge is 0.258 e. The van der Waals surface area contributed by atoms with Crippen molar-refractivity contribution < 1.29 is 27.4 Å². The molecule has 0 aliphatic carbocycles. The molecule has 25 rings (SSSR count). The molecule has 0 spiro atoms. The van der Waals surface area contributed by atoms with Gasteiger partial charge in [0.15, 0.2) is 0 Å². The van der Waals surface area contributed by atoms with Crippen LogP contribution in [0.5, 0.6) is 5.75 Å². The molecule has 142 heavy (non-hydrogen) atoms. The maximum absolute atomic E-state index is 5.53. The van der Waals surface area contributed by atoms with E-state index in [0.717, 1.165) is 189 Å². The van der Waals surface area contributed by atoms with Crippen LogP contribution in [0.15, 0.2) is 355 Å². The van der Waals surface area contributed by atoms with Crippen LogP contribution in [0.3, 0.4) is 0 Å². The van der Waals surface area contributed by atoms with Crippen LogP contribution >= 0.6 is 15.9 Å². The maximum Gasteiger partial charge on any atom is 0.258 e. The van der Waals surface area contributed by atoms with Crippen molar-refractivity contribution in [3.8, 4) is 177 Å². The number of halogens is 1. The summed E-state index contributed by atoms with van der Waals surface area (Å²) in [6.45, 7) is 18.4. The molecule has 0 saturated carbocycles. The summed E-state index contributed by atoms with van der Waals surface area (Å²) in [5.74, 6) is 10.5. The van der Waals surface area contributed by atoms with Crippen molar-refractivity contribution in [2.24, 2.45) is 0 Å². The quantitative estimate of drug-likeness (QED) is 0.0600. The largest absolute Gasteiger partial charge is 0.496 e. The number of ether oxygens (including phenoxy) is 1. The van der Waals surface area contributed by atoms with E-state index in [4.69, 9.17) is 27.4 Å². The molecule has 5 N–H and O–H groups in total. The highest BCUT2D eigenvalue weighted by atomic mass is 79.9. The van der Waals surface area contributed by atoms with E-state index >= 15 is 0 Å². The number of aromatic nitrogens is 20. The number of benzene rings is 15. The van der Waals surface area contributed by atoms with Crippen molar-refractivity contribution in [2.45, 2.75) is 62.3 Å². The highest BCUT2D eigenvalue weighted by Crippen LogP contribution is 2.37. The third-order valence-electron chi connectivity index (χ3n) is 24.0. The van der Waals surface area contributed by atoms with Crippen LogP contribution in [0.1, 0.15) is 50.1 Å². The van der Waals surface area contributed by atoms with Crippen molar-refractivity contribution in [3.05, 3.63) is 382 Å². The summed E-state index contributed by atoms with van der Waals surface area (Å²) in [7, 11) is 1.67. The van der Waals surface area contributed by atoms with Gasteiger partial charge in [-0.25, -0.2) is 24.9 Å². The number of fused-ring (bicyclic) bond motifs is 5. The van der Waals surface area contributed by atoms with Crippen molar-refractivity contribution in [1.82, 2.24) is 101 Å². The van der Waals surface area contributed by atoms with Crippen LogP contribution in [0.25, 0.3) is 226 Å². The molecule has 0 atom stereocenters. The Morgan fingerprint density at radius 3 is 0.669 bits per heavy atom. The predicted octanol–water partition coefficient (Wildman–Crippen LogP) is 28.3. The third kappa shape index (κ3) is 20.0. The second kappa shape index (κ2) is 39.4. The summed E-state index contributed by atoms with van der Waals surface area (Å²) >= 11 is 3.49. The summed E-state index contributed by atoms with van der Waals surface area (Å²) < 4.78 is 33.7. The number of methoxy groups -OCH3 is 1. The first-order valence-electron chi connectivity index (χ1n) is 45.9. The number of aryl methyl sites for hydroxylation is 9. The molecule has 0 aliphatic heterocycles. The van der Waals surface area contributed by atoms with Gasteiger partial charge < -0.3 is 52.3 Å². The summed E-state index contributed by atoms with van der Waals surface area (Å²) in [6, 6.07) is 109. The van der Waals surface area contributed by atoms with E-state index < -0.39 is 0 Å². The Kier molecular flexibility index (Phi) is 25.0. The number of rotatable bonds is 16. The second-order valence-electron chi connectivity index (χ2n) is 34.8. The molecule has 0 radical (unpaired) electrons. The zero-order valence-electron chi connectivity index (χ0n) is 78.7. The minimum absolute atomic E-state index is 0.482. The first-order chi connectivity index (χ1) is 69.2. The molecule has 692 valence electrons.